The number of hydrogen-bond donors (Lipinski definition) is 1. The van der Waals surface area contributed by atoms with Crippen molar-refractivity contribution in [3.05, 3.63) is 65.1 Å². The maximum Gasteiger partial charge on any atom is 0.246 e. The maximum atomic E-state index is 14.8. The Morgan fingerprint density at radius 2 is 1.89 bits per heavy atom. The first kappa shape index (κ1) is 25.9. The molecule has 8 heteroatoms. The number of amides is 1. The molecule has 1 saturated heterocycles. The highest BCUT2D eigenvalue weighted by atomic mass is 35.5. The summed E-state index contributed by atoms with van der Waals surface area (Å²) in [5.74, 6) is 0.331. The third-order valence-corrected chi connectivity index (χ3v) is 8.84. The molecule has 5 rings (SSSR count). The monoisotopic (exact) mass is 524 g/mol. The summed E-state index contributed by atoms with van der Waals surface area (Å²) in [6.45, 7) is 10.7. The molecule has 1 aliphatic carbocycles. The van der Waals surface area contributed by atoms with Crippen molar-refractivity contribution in [2.24, 2.45) is 10.9 Å². The van der Waals surface area contributed by atoms with Crippen LogP contribution in [0.1, 0.15) is 57.7 Å². The van der Waals surface area contributed by atoms with Crippen molar-refractivity contribution in [1.29, 1.82) is 0 Å². The highest BCUT2D eigenvalue weighted by Crippen LogP contribution is 2.49. The molecule has 2 fully saturated rings. The smallest absolute Gasteiger partial charge is 0.246 e. The van der Waals surface area contributed by atoms with Gasteiger partial charge in [-0.3, -0.25) is 4.79 Å². The van der Waals surface area contributed by atoms with Crippen LogP contribution in [0.3, 0.4) is 0 Å². The minimum atomic E-state index is -1.00. The number of pyridine rings is 1. The number of aliphatic imine (C=N–C) groups is 1. The second-order valence-electron chi connectivity index (χ2n) is 10.8. The highest BCUT2D eigenvalue weighted by Gasteiger charge is 2.50. The van der Waals surface area contributed by atoms with Gasteiger partial charge in [0.2, 0.25) is 5.91 Å². The van der Waals surface area contributed by atoms with Crippen molar-refractivity contribution in [2.75, 3.05) is 13.1 Å². The molecule has 1 saturated carbocycles. The minimum absolute atomic E-state index is 0.0558. The maximum absolute atomic E-state index is 14.8. The van der Waals surface area contributed by atoms with E-state index in [-0.39, 0.29) is 23.9 Å². The van der Waals surface area contributed by atoms with Gasteiger partial charge in [0.05, 0.1) is 21.8 Å². The number of piperazine rings is 1. The van der Waals surface area contributed by atoms with Gasteiger partial charge in [-0.15, -0.1) is 0 Å². The van der Waals surface area contributed by atoms with Gasteiger partial charge in [-0.25, -0.2) is 14.4 Å². The zero-order valence-electron chi connectivity index (χ0n) is 21.6. The van der Waals surface area contributed by atoms with Crippen LogP contribution in [-0.4, -0.2) is 63.0 Å². The largest absolute Gasteiger partial charge is 0.371 e. The fraction of sp³-hybridized carbons (Fsp3) is 0.483. The summed E-state index contributed by atoms with van der Waals surface area (Å²) in [5.41, 5.74) is 1.46. The number of hydrogen-bond acceptors (Lipinski definition) is 5. The van der Waals surface area contributed by atoms with Crippen LogP contribution in [0, 0.1) is 11.7 Å². The van der Waals surface area contributed by atoms with Gasteiger partial charge in [-0.2, -0.15) is 0 Å². The number of aromatic nitrogens is 1. The molecule has 1 N–H and O–H groups in total. The van der Waals surface area contributed by atoms with Gasteiger partial charge < -0.3 is 14.9 Å². The van der Waals surface area contributed by atoms with Gasteiger partial charge in [0, 0.05) is 36.3 Å². The molecule has 2 aromatic rings. The Morgan fingerprint density at radius 1 is 1.19 bits per heavy atom. The van der Waals surface area contributed by atoms with Crippen LogP contribution in [0.2, 0.25) is 5.02 Å². The summed E-state index contributed by atoms with van der Waals surface area (Å²) in [7, 11) is 0. The summed E-state index contributed by atoms with van der Waals surface area (Å²) in [5, 5.41) is 11.9. The quantitative estimate of drug-likeness (QED) is 0.562. The van der Waals surface area contributed by atoms with Crippen molar-refractivity contribution in [3.8, 4) is 11.3 Å². The minimum Gasteiger partial charge on any atom is -0.371 e. The van der Waals surface area contributed by atoms with E-state index in [1.165, 1.54) is 12.1 Å². The van der Waals surface area contributed by atoms with Gasteiger partial charge in [-0.05, 0) is 63.8 Å². The summed E-state index contributed by atoms with van der Waals surface area (Å²) >= 11 is 6.78. The number of nitrogens with zero attached hydrogens (tertiary/aromatic N) is 4. The van der Waals surface area contributed by atoms with Crippen LogP contribution >= 0.6 is 11.6 Å². The number of aliphatic hydroxyl groups excluding tert-OH is 1. The van der Waals surface area contributed by atoms with Crippen LogP contribution < -0.4 is 0 Å². The summed E-state index contributed by atoms with van der Waals surface area (Å²) in [6, 6.07) is 8.19. The Balaban J connectivity index is 1.65. The Hall–Kier alpha value is -2.77. The zero-order valence-corrected chi connectivity index (χ0v) is 22.4. The summed E-state index contributed by atoms with van der Waals surface area (Å²) in [6.07, 6.45) is 4.49. The van der Waals surface area contributed by atoms with Crippen molar-refractivity contribution >= 4 is 23.3 Å². The van der Waals surface area contributed by atoms with Gasteiger partial charge in [0.1, 0.15) is 11.7 Å². The van der Waals surface area contributed by atoms with E-state index in [0.29, 0.717) is 40.9 Å². The first-order chi connectivity index (χ1) is 17.7. The van der Waals surface area contributed by atoms with E-state index >= 15 is 0 Å². The SMILES string of the molecule is C=CC(=O)N1CC(C)N(C2=NC(O)C(C)(C3CCCC3)c3nc(-c4ccccc4F)c(Cl)cc32)CC1C. The second-order valence-corrected chi connectivity index (χ2v) is 11.2. The summed E-state index contributed by atoms with van der Waals surface area (Å²) in [4.78, 5) is 26.2. The average molecular weight is 525 g/mol. The number of carbonyl (C=O) groups excluding carboxylic acids is 1. The molecule has 1 aromatic heterocycles. The van der Waals surface area contributed by atoms with E-state index < -0.39 is 17.5 Å². The summed E-state index contributed by atoms with van der Waals surface area (Å²) < 4.78 is 14.8. The standard InChI is InChI=1S/C29H34ClFN4O2/c1-5-24(36)34-15-18(3)35(16-17(34)2)27-21-14-22(30)25(20-12-8-9-13-23(20)31)32-26(21)29(4,28(37)33-27)19-10-6-7-11-19/h5,8-9,12-14,17-19,28,37H,1,6-7,10-11,15-16H2,2-4H3. The van der Waals surface area contributed by atoms with Crippen molar-refractivity contribution in [2.45, 2.75) is 70.2 Å². The molecule has 1 amide bonds. The normalized spacial score (nSPS) is 28.2. The van der Waals surface area contributed by atoms with E-state index in [2.05, 4.69) is 11.5 Å². The van der Waals surface area contributed by atoms with Crippen molar-refractivity contribution < 1.29 is 14.3 Å². The molecule has 3 heterocycles. The number of aliphatic hydroxyl groups is 1. The predicted molar refractivity (Wildman–Crippen MR) is 144 cm³/mol. The van der Waals surface area contributed by atoms with Crippen LogP contribution in [0.5, 0.6) is 0 Å². The van der Waals surface area contributed by atoms with Crippen LogP contribution in [0.4, 0.5) is 4.39 Å². The number of halogens is 2. The molecule has 196 valence electrons. The number of rotatable bonds is 3. The predicted octanol–water partition coefficient (Wildman–Crippen LogP) is 5.17. The number of fused-ring (bicyclic) bond motifs is 1. The molecule has 1 aromatic carbocycles. The van der Waals surface area contributed by atoms with Crippen LogP contribution in [0.25, 0.3) is 11.3 Å². The first-order valence-corrected chi connectivity index (χ1v) is 13.5. The van der Waals surface area contributed by atoms with E-state index in [1.807, 2.05) is 31.7 Å². The highest BCUT2D eigenvalue weighted by molar-refractivity contribution is 6.33. The first-order valence-electron chi connectivity index (χ1n) is 13.1. The molecule has 3 aliphatic rings. The lowest BCUT2D eigenvalue weighted by Crippen LogP contribution is -2.61. The second kappa shape index (κ2) is 9.84. The van der Waals surface area contributed by atoms with Crippen molar-refractivity contribution in [3.63, 3.8) is 0 Å². The molecular formula is C29H34ClFN4O2. The third kappa shape index (κ3) is 4.26. The van der Waals surface area contributed by atoms with Crippen LogP contribution in [0.15, 0.2) is 48.0 Å². The van der Waals surface area contributed by atoms with E-state index in [0.717, 1.165) is 31.2 Å². The zero-order chi connectivity index (χ0) is 26.5. The van der Waals surface area contributed by atoms with Crippen molar-refractivity contribution in [1.82, 2.24) is 14.8 Å². The molecule has 6 nitrogen and oxygen atoms in total. The lowest BCUT2D eigenvalue weighted by molar-refractivity contribution is -0.130. The lowest BCUT2D eigenvalue weighted by Gasteiger charge is -2.48. The van der Waals surface area contributed by atoms with E-state index in [1.54, 1.807) is 18.2 Å². The lowest BCUT2D eigenvalue weighted by atomic mass is 9.69. The molecule has 0 bridgehead atoms. The average Bonchev–Trinajstić information content (AvgIpc) is 3.43. The fourth-order valence-electron chi connectivity index (χ4n) is 6.36. The molecule has 4 atom stereocenters. The van der Waals surface area contributed by atoms with E-state index in [4.69, 9.17) is 21.6 Å². The molecule has 0 spiro atoms. The van der Waals surface area contributed by atoms with Gasteiger partial charge in [0.25, 0.3) is 0 Å². The van der Waals surface area contributed by atoms with Crippen LogP contribution in [-0.2, 0) is 10.2 Å². The Bertz CT molecular complexity index is 1260. The Morgan fingerprint density at radius 3 is 2.57 bits per heavy atom. The number of amidine groups is 1. The van der Waals surface area contributed by atoms with E-state index in [9.17, 15) is 14.3 Å². The Labute approximate surface area is 222 Å². The molecule has 37 heavy (non-hydrogen) atoms. The topological polar surface area (TPSA) is 69.0 Å². The van der Waals surface area contributed by atoms with Gasteiger partial charge in [0.15, 0.2) is 6.23 Å². The van der Waals surface area contributed by atoms with Gasteiger partial charge >= 0.3 is 0 Å². The molecule has 4 unspecified atom stereocenters. The number of carbonyl (C=O) groups is 1. The molecule has 0 radical (unpaired) electrons. The Kier molecular flexibility index (Phi) is 6.88. The number of benzene rings is 1. The van der Waals surface area contributed by atoms with Gasteiger partial charge in [-0.1, -0.05) is 43.2 Å². The molecule has 2 aliphatic heterocycles. The molecular weight excluding hydrogens is 491 g/mol. The third-order valence-electron chi connectivity index (χ3n) is 8.56. The fourth-order valence-corrected chi connectivity index (χ4v) is 6.61.